The minimum atomic E-state index is -4.16. The van der Waals surface area contributed by atoms with Crippen molar-refractivity contribution < 1.29 is 26.4 Å². The predicted octanol–water partition coefficient (Wildman–Crippen LogP) is 5.65. The molecule has 0 unspecified atom stereocenters. The van der Waals surface area contributed by atoms with Crippen LogP contribution in [0.3, 0.4) is 0 Å². The first kappa shape index (κ1) is 30.6. The molecule has 4 rings (SSSR count). The summed E-state index contributed by atoms with van der Waals surface area (Å²) in [6.07, 6.45) is 0. The standard InChI is InChI=1S/C31H33N3O6S2/c1-5-40-29-12-7-6-11-28(29)34(42(38,39)27-17-13-22(2)14-18-27)21-30(35)32-25-15-19-26(20-16-25)41(36,37)33-31-23(3)9-8-10-24(31)4/h6-20,33H,5,21H2,1-4H3,(H,32,35). The predicted molar refractivity (Wildman–Crippen MR) is 165 cm³/mol. The Morgan fingerprint density at radius 1 is 0.762 bits per heavy atom. The number of aryl methyl sites for hydroxylation is 3. The van der Waals surface area contributed by atoms with Crippen LogP contribution in [-0.4, -0.2) is 35.9 Å². The maximum absolute atomic E-state index is 13.8. The maximum atomic E-state index is 13.8. The lowest BCUT2D eigenvalue weighted by atomic mass is 10.1. The van der Waals surface area contributed by atoms with Gasteiger partial charge in [-0.05, 0) is 87.4 Å². The summed E-state index contributed by atoms with van der Waals surface area (Å²) in [6.45, 7) is 7.02. The number of hydrogen-bond donors (Lipinski definition) is 2. The zero-order valence-electron chi connectivity index (χ0n) is 23.8. The highest BCUT2D eigenvalue weighted by Gasteiger charge is 2.29. The van der Waals surface area contributed by atoms with Gasteiger partial charge in [0.2, 0.25) is 5.91 Å². The molecule has 2 N–H and O–H groups in total. The molecule has 0 bridgehead atoms. The van der Waals surface area contributed by atoms with Gasteiger partial charge in [-0.3, -0.25) is 13.8 Å². The van der Waals surface area contributed by atoms with Crippen LogP contribution in [0, 0.1) is 20.8 Å². The molecule has 220 valence electrons. The Bertz CT molecular complexity index is 1770. The van der Waals surface area contributed by atoms with E-state index in [2.05, 4.69) is 10.0 Å². The number of hydrogen-bond acceptors (Lipinski definition) is 6. The van der Waals surface area contributed by atoms with Crippen LogP contribution in [0.4, 0.5) is 17.1 Å². The van der Waals surface area contributed by atoms with Crippen molar-refractivity contribution in [2.45, 2.75) is 37.5 Å². The number of nitrogens with zero attached hydrogens (tertiary/aromatic N) is 1. The van der Waals surface area contributed by atoms with E-state index in [0.29, 0.717) is 23.7 Å². The highest BCUT2D eigenvalue weighted by Crippen LogP contribution is 2.33. The Hall–Kier alpha value is -4.35. The van der Waals surface area contributed by atoms with E-state index in [-0.39, 0.29) is 15.5 Å². The van der Waals surface area contributed by atoms with Gasteiger partial charge in [0, 0.05) is 5.69 Å². The first-order chi connectivity index (χ1) is 19.9. The molecular weight excluding hydrogens is 574 g/mol. The van der Waals surface area contributed by atoms with Crippen LogP contribution in [0.25, 0.3) is 0 Å². The Balaban J connectivity index is 1.58. The van der Waals surface area contributed by atoms with E-state index in [1.54, 1.807) is 43.3 Å². The molecule has 11 heteroatoms. The zero-order chi connectivity index (χ0) is 30.5. The second-order valence-electron chi connectivity index (χ2n) is 9.67. The molecule has 42 heavy (non-hydrogen) atoms. The molecule has 0 fully saturated rings. The molecular formula is C31H33N3O6S2. The number of benzene rings is 4. The summed E-state index contributed by atoms with van der Waals surface area (Å²) in [5.74, 6) is -0.310. The van der Waals surface area contributed by atoms with Crippen molar-refractivity contribution in [2.75, 3.05) is 27.5 Å². The molecule has 0 aliphatic carbocycles. The van der Waals surface area contributed by atoms with Crippen molar-refractivity contribution in [2.24, 2.45) is 0 Å². The summed E-state index contributed by atoms with van der Waals surface area (Å²) in [5.41, 5.74) is 3.50. The van der Waals surface area contributed by atoms with Crippen LogP contribution in [0.1, 0.15) is 23.6 Å². The van der Waals surface area contributed by atoms with E-state index in [4.69, 9.17) is 4.74 Å². The summed E-state index contributed by atoms with van der Waals surface area (Å²) in [4.78, 5) is 13.2. The van der Waals surface area contributed by atoms with Crippen LogP contribution in [0.2, 0.25) is 0 Å². The average molecular weight is 608 g/mol. The van der Waals surface area contributed by atoms with E-state index in [9.17, 15) is 21.6 Å². The Kier molecular flexibility index (Phi) is 9.23. The van der Waals surface area contributed by atoms with Crippen LogP contribution in [-0.2, 0) is 24.8 Å². The lowest BCUT2D eigenvalue weighted by Crippen LogP contribution is -2.38. The third kappa shape index (κ3) is 6.92. The number of amides is 1. The van der Waals surface area contributed by atoms with Crippen molar-refractivity contribution in [1.82, 2.24) is 0 Å². The SMILES string of the molecule is CCOc1ccccc1N(CC(=O)Nc1ccc(S(=O)(=O)Nc2c(C)cccc2C)cc1)S(=O)(=O)c1ccc(C)cc1. The molecule has 0 saturated carbocycles. The van der Waals surface area contributed by atoms with E-state index < -0.39 is 32.5 Å². The molecule has 0 saturated heterocycles. The minimum absolute atomic E-state index is 0.0115. The normalized spacial score (nSPS) is 11.5. The van der Waals surface area contributed by atoms with Gasteiger partial charge < -0.3 is 10.1 Å². The summed E-state index contributed by atoms with van der Waals surface area (Å²) >= 11 is 0. The molecule has 0 aliphatic rings. The van der Waals surface area contributed by atoms with Crippen LogP contribution >= 0.6 is 0 Å². The molecule has 9 nitrogen and oxygen atoms in total. The van der Waals surface area contributed by atoms with Crippen molar-refractivity contribution in [3.63, 3.8) is 0 Å². The van der Waals surface area contributed by atoms with E-state index in [1.807, 2.05) is 39.0 Å². The molecule has 0 aliphatic heterocycles. The van der Waals surface area contributed by atoms with Gasteiger partial charge >= 0.3 is 0 Å². The van der Waals surface area contributed by atoms with Crippen molar-refractivity contribution in [1.29, 1.82) is 0 Å². The van der Waals surface area contributed by atoms with Gasteiger partial charge in [0.25, 0.3) is 20.0 Å². The fraction of sp³-hybridized carbons (Fsp3) is 0.194. The number of rotatable bonds is 11. The molecule has 0 atom stereocenters. The number of anilines is 3. The van der Waals surface area contributed by atoms with Gasteiger partial charge in [0.15, 0.2) is 0 Å². The molecule has 0 radical (unpaired) electrons. The smallest absolute Gasteiger partial charge is 0.264 e. The third-order valence-corrected chi connectivity index (χ3v) is 9.64. The Morgan fingerprint density at radius 3 is 1.98 bits per heavy atom. The Morgan fingerprint density at radius 2 is 1.36 bits per heavy atom. The number of sulfonamides is 2. The lowest BCUT2D eigenvalue weighted by molar-refractivity contribution is -0.114. The molecule has 0 heterocycles. The maximum Gasteiger partial charge on any atom is 0.264 e. The topological polar surface area (TPSA) is 122 Å². The molecule has 4 aromatic rings. The fourth-order valence-electron chi connectivity index (χ4n) is 4.29. The van der Waals surface area contributed by atoms with Gasteiger partial charge in [-0.1, -0.05) is 48.0 Å². The molecule has 1 amide bonds. The average Bonchev–Trinajstić information content (AvgIpc) is 2.95. The van der Waals surface area contributed by atoms with Gasteiger partial charge in [0.05, 0.1) is 27.8 Å². The first-order valence-electron chi connectivity index (χ1n) is 13.2. The first-order valence-corrected chi connectivity index (χ1v) is 16.1. The van der Waals surface area contributed by atoms with E-state index in [1.165, 1.54) is 36.4 Å². The van der Waals surface area contributed by atoms with Crippen LogP contribution in [0.15, 0.2) is 101 Å². The fourth-order valence-corrected chi connectivity index (χ4v) is 6.93. The monoisotopic (exact) mass is 607 g/mol. The van der Waals surface area contributed by atoms with Gasteiger partial charge in [-0.15, -0.1) is 0 Å². The summed E-state index contributed by atoms with van der Waals surface area (Å²) in [6, 6.07) is 24.1. The summed E-state index contributed by atoms with van der Waals surface area (Å²) in [7, 11) is -8.04. The number of nitrogens with one attached hydrogen (secondary N) is 2. The van der Waals surface area contributed by atoms with Crippen molar-refractivity contribution in [3.8, 4) is 5.75 Å². The van der Waals surface area contributed by atoms with Gasteiger partial charge in [-0.25, -0.2) is 16.8 Å². The number of carbonyl (C=O) groups is 1. The summed E-state index contributed by atoms with van der Waals surface area (Å²) < 4.78 is 62.8. The number of para-hydroxylation sites is 3. The lowest BCUT2D eigenvalue weighted by Gasteiger charge is -2.26. The van der Waals surface area contributed by atoms with Crippen molar-refractivity contribution in [3.05, 3.63) is 108 Å². The largest absolute Gasteiger partial charge is 0.492 e. The van der Waals surface area contributed by atoms with Gasteiger partial charge in [-0.2, -0.15) is 0 Å². The van der Waals surface area contributed by atoms with Gasteiger partial charge in [0.1, 0.15) is 12.3 Å². The summed E-state index contributed by atoms with van der Waals surface area (Å²) in [5, 5.41) is 2.67. The minimum Gasteiger partial charge on any atom is -0.492 e. The molecule has 4 aromatic carbocycles. The van der Waals surface area contributed by atoms with Crippen molar-refractivity contribution >= 4 is 43.0 Å². The van der Waals surface area contributed by atoms with Crippen LogP contribution in [0.5, 0.6) is 5.75 Å². The highest BCUT2D eigenvalue weighted by molar-refractivity contribution is 7.93. The second-order valence-corrected chi connectivity index (χ2v) is 13.2. The number of ether oxygens (including phenoxy) is 1. The molecule has 0 spiro atoms. The molecule has 0 aromatic heterocycles. The second kappa shape index (κ2) is 12.7. The third-order valence-electron chi connectivity index (χ3n) is 6.50. The van der Waals surface area contributed by atoms with E-state index >= 15 is 0 Å². The Labute approximate surface area is 247 Å². The van der Waals surface area contributed by atoms with Crippen LogP contribution < -0.4 is 19.1 Å². The quantitative estimate of drug-likeness (QED) is 0.227. The highest BCUT2D eigenvalue weighted by atomic mass is 32.2. The van der Waals surface area contributed by atoms with E-state index in [0.717, 1.165) is 21.0 Å². The zero-order valence-corrected chi connectivity index (χ0v) is 25.4. The number of carbonyl (C=O) groups excluding carboxylic acids is 1.